The van der Waals surface area contributed by atoms with Crippen LogP contribution in [0.3, 0.4) is 0 Å². The Morgan fingerprint density at radius 1 is 1.43 bits per heavy atom. The first-order chi connectivity index (χ1) is 10.0. The number of fused-ring (bicyclic) bond motifs is 1. The molecule has 1 aromatic heterocycles. The van der Waals surface area contributed by atoms with Gasteiger partial charge in [0.15, 0.2) is 0 Å². The van der Waals surface area contributed by atoms with Crippen LogP contribution in [0.4, 0.5) is 0 Å². The lowest BCUT2D eigenvalue weighted by Gasteiger charge is -2.14. The van der Waals surface area contributed by atoms with E-state index in [4.69, 9.17) is 0 Å². The van der Waals surface area contributed by atoms with E-state index >= 15 is 0 Å². The lowest BCUT2D eigenvalue weighted by molar-refractivity contribution is -0.117. The van der Waals surface area contributed by atoms with Crippen LogP contribution in [-0.4, -0.2) is 15.5 Å². The van der Waals surface area contributed by atoms with E-state index in [1.54, 1.807) is 6.92 Å². The number of imidazole rings is 1. The molecular weight excluding hydrogens is 262 g/mol. The van der Waals surface area contributed by atoms with Crippen LogP contribution in [0.1, 0.15) is 33.0 Å². The van der Waals surface area contributed by atoms with E-state index in [0.29, 0.717) is 18.0 Å². The maximum atomic E-state index is 11.7. The van der Waals surface area contributed by atoms with Crippen molar-refractivity contribution in [3.8, 4) is 0 Å². The van der Waals surface area contributed by atoms with Gasteiger partial charge in [-0.05, 0) is 25.0 Å². The summed E-state index contributed by atoms with van der Waals surface area (Å²) < 4.78 is 2.21. The summed E-state index contributed by atoms with van der Waals surface area (Å²) in [6, 6.07) is 8.09. The quantitative estimate of drug-likeness (QED) is 0.828. The SMILES string of the molecule is C=C(C)C(=O)NCc1nc2ccccc2n1CC(C)CC. The molecule has 2 aromatic rings. The van der Waals surface area contributed by atoms with Crippen molar-refractivity contribution in [2.75, 3.05) is 0 Å². The molecule has 0 aliphatic rings. The molecular formula is C17H23N3O. The van der Waals surface area contributed by atoms with E-state index in [9.17, 15) is 4.79 Å². The molecule has 0 aliphatic carbocycles. The fourth-order valence-electron chi connectivity index (χ4n) is 2.22. The number of benzene rings is 1. The van der Waals surface area contributed by atoms with Crippen LogP contribution < -0.4 is 5.32 Å². The third kappa shape index (κ3) is 3.51. The monoisotopic (exact) mass is 285 g/mol. The van der Waals surface area contributed by atoms with E-state index in [1.807, 2.05) is 18.2 Å². The van der Waals surface area contributed by atoms with Crippen molar-refractivity contribution in [2.45, 2.75) is 40.3 Å². The molecule has 0 bridgehead atoms. The zero-order valence-electron chi connectivity index (χ0n) is 13.0. The Morgan fingerprint density at radius 3 is 2.81 bits per heavy atom. The Morgan fingerprint density at radius 2 is 2.14 bits per heavy atom. The van der Waals surface area contributed by atoms with Gasteiger partial charge in [0.1, 0.15) is 5.82 Å². The fourth-order valence-corrected chi connectivity index (χ4v) is 2.22. The molecule has 0 fully saturated rings. The molecule has 0 saturated carbocycles. The predicted molar refractivity (Wildman–Crippen MR) is 85.8 cm³/mol. The Kier molecular flexibility index (Phi) is 4.78. The molecule has 4 nitrogen and oxygen atoms in total. The van der Waals surface area contributed by atoms with Crippen molar-refractivity contribution in [1.29, 1.82) is 0 Å². The highest BCUT2D eigenvalue weighted by molar-refractivity contribution is 5.92. The van der Waals surface area contributed by atoms with E-state index in [-0.39, 0.29) is 5.91 Å². The Bertz CT molecular complexity index is 657. The molecule has 1 atom stereocenters. The molecule has 112 valence electrons. The molecule has 1 N–H and O–H groups in total. The molecule has 1 unspecified atom stereocenters. The summed E-state index contributed by atoms with van der Waals surface area (Å²) in [7, 11) is 0. The second-order valence-electron chi connectivity index (χ2n) is 5.60. The summed E-state index contributed by atoms with van der Waals surface area (Å²) in [6.07, 6.45) is 1.12. The molecule has 1 amide bonds. The highest BCUT2D eigenvalue weighted by atomic mass is 16.1. The Balaban J connectivity index is 2.30. The fraction of sp³-hybridized carbons (Fsp3) is 0.412. The lowest BCUT2D eigenvalue weighted by Crippen LogP contribution is -2.25. The zero-order valence-corrected chi connectivity index (χ0v) is 13.0. The van der Waals surface area contributed by atoms with Crippen LogP contribution in [0.2, 0.25) is 0 Å². The highest BCUT2D eigenvalue weighted by Gasteiger charge is 2.13. The molecule has 1 aromatic carbocycles. The summed E-state index contributed by atoms with van der Waals surface area (Å²) >= 11 is 0. The number of nitrogens with zero attached hydrogens (tertiary/aromatic N) is 2. The molecule has 0 saturated heterocycles. The number of nitrogens with one attached hydrogen (secondary N) is 1. The van der Waals surface area contributed by atoms with Gasteiger partial charge in [-0.3, -0.25) is 4.79 Å². The Hall–Kier alpha value is -2.10. The Labute approximate surface area is 125 Å². The van der Waals surface area contributed by atoms with Crippen molar-refractivity contribution in [3.05, 3.63) is 42.2 Å². The van der Waals surface area contributed by atoms with Crippen LogP contribution in [0.15, 0.2) is 36.4 Å². The largest absolute Gasteiger partial charge is 0.345 e. The normalized spacial score (nSPS) is 12.3. The van der Waals surface area contributed by atoms with Crippen molar-refractivity contribution in [2.24, 2.45) is 5.92 Å². The van der Waals surface area contributed by atoms with Gasteiger partial charge in [0.25, 0.3) is 0 Å². The van der Waals surface area contributed by atoms with Gasteiger partial charge >= 0.3 is 0 Å². The minimum absolute atomic E-state index is 0.128. The molecule has 0 aliphatic heterocycles. The topological polar surface area (TPSA) is 46.9 Å². The molecule has 1 heterocycles. The second-order valence-corrected chi connectivity index (χ2v) is 5.60. The molecule has 4 heteroatoms. The third-order valence-corrected chi connectivity index (χ3v) is 3.72. The summed E-state index contributed by atoms with van der Waals surface area (Å²) in [5, 5.41) is 2.87. The van der Waals surface area contributed by atoms with Gasteiger partial charge in [-0.25, -0.2) is 4.98 Å². The minimum Gasteiger partial charge on any atom is -0.345 e. The summed E-state index contributed by atoms with van der Waals surface area (Å²) in [5.41, 5.74) is 2.61. The summed E-state index contributed by atoms with van der Waals surface area (Å²) in [6.45, 7) is 11.1. The molecule has 2 rings (SSSR count). The van der Waals surface area contributed by atoms with E-state index in [2.05, 4.69) is 41.4 Å². The average Bonchev–Trinajstić information content (AvgIpc) is 2.82. The van der Waals surface area contributed by atoms with E-state index in [0.717, 1.165) is 29.8 Å². The van der Waals surface area contributed by atoms with Crippen molar-refractivity contribution >= 4 is 16.9 Å². The maximum Gasteiger partial charge on any atom is 0.246 e. The van der Waals surface area contributed by atoms with Crippen molar-refractivity contribution in [3.63, 3.8) is 0 Å². The molecule has 21 heavy (non-hydrogen) atoms. The average molecular weight is 285 g/mol. The maximum absolute atomic E-state index is 11.7. The van der Waals surface area contributed by atoms with Crippen LogP contribution in [0.25, 0.3) is 11.0 Å². The highest BCUT2D eigenvalue weighted by Crippen LogP contribution is 2.18. The number of para-hydroxylation sites is 2. The van der Waals surface area contributed by atoms with Gasteiger partial charge in [0.2, 0.25) is 5.91 Å². The van der Waals surface area contributed by atoms with Gasteiger partial charge in [0.05, 0.1) is 17.6 Å². The van der Waals surface area contributed by atoms with Gasteiger partial charge in [-0.1, -0.05) is 39.0 Å². The molecule has 0 radical (unpaired) electrons. The van der Waals surface area contributed by atoms with Crippen molar-refractivity contribution < 1.29 is 4.79 Å². The number of aromatic nitrogens is 2. The number of amides is 1. The van der Waals surface area contributed by atoms with E-state index in [1.165, 1.54) is 0 Å². The first-order valence-electron chi connectivity index (χ1n) is 7.40. The number of carbonyl (C=O) groups excluding carboxylic acids is 1. The first kappa shape index (κ1) is 15.3. The predicted octanol–water partition coefficient (Wildman–Crippen LogP) is 3.27. The zero-order chi connectivity index (χ0) is 15.4. The lowest BCUT2D eigenvalue weighted by atomic mass is 10.1. The van der Waals surface area contributed by atoms with Crippen molar-refractivity contribution in [1.82, 2.24) is 14.9 Å². The van der Waals surface area contributed by atoms with Crippen LogP contribution in [0, 0.1) is 5.92 Å². The number of carbonyl (C=O) groups is 1. The summed E-state index contributed by atoms with van der Waals surface area (Å²) in [5.74, 6) is 1.33. The van der Waals surface area contributed by atoms with Crippen LogP contribution in [0.5, 0.6) is 0 Å². The van der Waals surface area contributed by atoms with Crippen LogP contribution in [-0.2, 0) is 17.9 Å². The number of hydrogen-bond acceptors (Lipinski definition) is 2. The number of hydrogen-bond donors (Lipinski definition) is 1. The molecule has 0 spiro atoms. The summed E-state index contributed by atoms with van der Waals surface area (Å²) in [4.78, 5) is 16.3. The van der Waals surface area contributed by atoms with Gasteiger partial charge in [0, 0.05) is 12.1 Å². The standard InChI is InChI=1S/C17H23N3O/c1-5-13(4)11-20-15-9-7-6-8-14(15)19-16(20)10-18-17(21)12(2)3/h6-9,13H,2,5,10-11H2,1,3-4H3,(H,18,21). The number of rotatable bonds is 6. The van der Waals surface area contributed by atoms with Crippen LogP contribution >= 0.6 is 0 Å². The minimum atomic E-state index is -0.128. The van der Waals surface area contributed by atoms with Gasteiger partial charge in [-0.2, -0.15) is 0 Å². The smallest absolute Gasteiger partial charge is 0.246 e. The third-order valence-electron chi connectivity index (χ3n) is 3.72. The van der Waals surface area contributed by atoms with Gasteiger partial charge < -0.3 is 9.88 Å². The van der Waals surface area contributed by atoms with E-state index < -0.39 is 0 Å². The first-order valence-corrected chi connectivity index (χ1v) is 7.40. The second kappa shape index (κ2) is 6.57. The van der Waals surface area contributed by atoms with Gasteiger partial charge in [-0.15, -0.1) is 0 Å².